The summed E-state index contributed by atoms with van der Waals surface area (Å²) in [6.07, 6.45) is -2.95. The lowest BCUT2D eigenvalue weighted by molar-refractivity contribution is -0.113. The van der Waals surface area contributed by atoms with Gasteiger partial charge in [-0.25, -0.2) is 10.5 Å². The summed E-state index contributed by atoms with van der Waals surface area (Å²) in [5, 5.41) is 55.7. The second-order valence-corrected chi connectivity index (χ2v) is 4.48. The molecule has 1 saturated heterocycles. The van der Waals surface area contributed by atoms with Gasteiger partial charge in [-0.05, 0) is 6.92 Å². The highest BCUT2D eigenvalue weighted by Gasteiger charge is 2.61. The molecular weight excluding hydrogens is 286 g/mol. The predicted octanol–water partition coefficient (Wildman–Crippen LogP) is -3.19. The molecule has 0 bridgehead atoms. The molecule has 4 atom stereocenters. The van der Waals surface area contributed by atoms with Gasteiger partial charge in [0.25, 0.3) is 5.91 Å². The number of nitriles is 1. The Morgan fingerprint density at radius 2 is 2.29 bits per heavy atom. The number of carbonyl (C=O) groups is 1. The van der Waals surface area contributed by atoms with E-state index in [0.29, 0.717) is 6.21 Å². The fourth-order valence-electron chi connectivity index (χ4n) is 1.75. The molecule has 0 aromatic carbocycles. The van der Waals surface area contributed by atoms with Gasteiger partial charge in [-0.3, -0.25) is 15.3 Å². The van der Waals surface area contributed by atoms with Crippen LogP contribution in [0.5, 0.6) is 0 Å². The second kappa shape index (κ2) is 6.12. The zero-order valence-corrected chi connectivity index (χ0v) is 10.9. The van der Waals surface area contributed by atoms with Crippen molar-refractivity contribution in [3.8, 4) is 6.07 Å². The smallest absolute Gasteiger partial charge is 0.268 e. The SMILES string of the molecule is C[C@]1(O)[C@H](N=C(NO)NC(=O)C=N)O[C@](C#N)(CO)[C@H]1O. The molecule has 1 aliphatic rings. The van der Waals surface area contributed by atoms with E-state index in [9.17, 15) is 20.1 Å². The summed E-state index contributed by atoms with van der Waals surface area (Å²) in [7, 11) is 0. The molecule has 0 aromatic heterocycles. The molecule has 11 heteroatoms. The summed E-state index contributed by atoms with van der Waals surface area (Å²) in [6.45, 7) is 0.204. The Kier molecular flexibility index (Phi) is 4.94. The number of nitrogens with zero attached hydrogens (tertiary/aromatic N) is 2. The Bertz CT molecular complexity index is 501. The predicted molar refractivity (Wildman–Crippen MR) is 66.2 cm³/mol. The maximum Gasteiger partial charge on any atom is 0.268 e. The van der Waals surface area contributed by atoms with Crippen LogP contribution in [-0.4, -0.2) is 68.7 Å². The van der Waals surface area contributed by atoms with Crippen molar-refractivity contribution in [3.63, 3.8) is 0 Å². The molecule has 0 aromatic rings. The molecule has 1 heterocycles. The summed E-state index contributed by atoms with van der Waals surface area (Å²) >= 11 is 0. The largest absolute Gasteiger partial charge is 0.392 e. The topological polar surface area (TPSA) is 191 Å². The van der Waals surface area contributed by atoms with E-state index in [1.165, 1.54) is 5.48 Å². The zero-order valence-electron chi connectivity index (χ0n) is 10.9. The summed E-state index contributed by atoms with van der Waals surface area (Å²) in [4.78, 5) is 14.6. The standard InChI is InChI=1S/C10H15N5O6/c1-9(19)6(18)10(3-12,4-16)21-7(9)14-8(15-20)13-5(17)2-11/h2,6-7,11,16,18-20H,4H2,1H3,(H2,13,14,15,17)/t6-,7+,9+,10+/m0/s1. The normalized spacial score (nSPS) is 35.9. The number of guanidine groups is 1. The Morgan fingerprint density at radius 1 is 1.67 bits per heavy atom. The van der Waals surface area contributed by atoms with Gasteiger partial charge in [0.1, 0.15) is 17.8 Å². The molecule has 1 fully saturated rings. The summed E-state index contributed by atoms with van der Waals surface area (Å²) in [5.41, 5.74) is -2.66. The van der Waals surface area contributed by atoms with Gasteiger partial charge < -0.3 is 25.5 Å². The van der Waals surface area contributed by atoms with Gasteiger partial charge in [0.2, 0.25) is 11.6 Å². The minimum absolute atomic E-state index is 0.405. The van der Waals surface area contributed by atoms with Crippen LogP contribution in [0.2, 0.25) is 0 Å². The average Bonchev–Trinajstić information content (AvgIpc) is 2.67. The summed E-state index contributed by atoms with van der Waals surface area (Å²) in [5.74, 6) is -1.50. The number of aliphatic hydroxyl groups is 3. The molecule has 21 heavy (non-hydrogen) atoms. The van der Waals surface area contributed by atoms with E-state index in [2.05, 4.69) is 4.99 Å². The van der Waals surface area contributed by atoms with Crippen molar-refractivity contribution in [1.29, 1.82) is 10.7 Å². The molecule has 11 nitrogen and oxygen atoms in total. The van der Waals surface area contributed by atoms with Crippen molar-refractivity contribution in [1.82, 2.24) is 10.8 Å². The number of nitrogens with one attached hydrogen (secondary N) is 3. The maximum atomic E-state index is 11.0. The van der Waals surface area contributed by atoms with Gasteiger partial charge in [-0.15, -0.1) is 0 Å². The third kappa shape index (κ3) is 2.99. The Morgan fingerprint density at radius 3 is 2.67 bits per heavy atom. The molecule has 0 aliphatic carbocycles. The first-order valence-corrected chi connectivity index (χ1v) is 5.67. The van der Waals surface area contributed by atoms with Crippen molar-refractivity contribution in [3.05, 3.63) is 0 Å². The number of amides is 1. The van der Waals surface area contributed by atoms with Gasteiger partial charge >= 0.3 is 0 Å². The van der Waals surface area contributed by atoms with Gasteiger partial charge in [0, 0.05) is 0 Å². The van der Waals surface area contributed by atoms with Crippen LogP contribution in [0.25, 0.3) is 0 Å². The van der Waals surface area contributed by atoms with Crippen molar-refractivity contribution in [2.24, 2.45) is 4.99 Å². The van der Waals surface area contributed by atoms with E-state index in [-0.39, 0.29) is 0 Å². The number of hydrogen-bond acceptors (Lipinski definition) is 9. The number of aliphatic imine (C=N–C) groups is 1. The van der Waals surface area contributed by atoms with E-state index in [1.54, 1.807) is 6.07 Å². The minimum atomic E-state index is -2.09. The van der Waals surface area contributed by atoms with Crippen molar-refractivity contribution in [2.75, 3.05) is 6.61 Å². The molecule has 1 aliphatic heterocycles. The van der Waals surface area contributed by atoms with Crippen LogP contribution in [0.4, 0.5) is 0 Å². The quantitative estimate of drug-likeness (QED) is 0.161. The van der Waals surface area contributed by atoms with Gasteiger partial charge in [-0.1, -0.05) is 0 Å². The lowest BCUT2D eigenvalue weighted by Gasteiger charge is -2.26. The molecule has 1 amide bonds. The third-order valence-corrected chi connectivity index (χ3v) is 2.97. The molecule has 0 spiro atoms. The lowest BCUT2D eigenvalue weighted by atomic mass is 9.89. The number of hydroxylamine groups is 1. The van der Waals surface area contributed by atoms with Crippen LogP contribution in [0, 0.1) is 16.7 Å². The van der Waals surface area contributed by atoms with E-state index in [4.69, 9.17) is 20.6 Å². The molecular formula is C10H15N5O6. The zero-order chi connectivity index (χ0) is 16.3. The third-order valence-electron chi connectivity index (χ3n) is 2.97. The Labute approximate surface area is 118 Å². The van der Waals surface area contributed by atoms with Crippen LogP contribution in [0.15, 0.2) is 4.99 Å². The average molecular weight is 301 g/mol. The van der Waals surface area contributed by atoms with E-state index in [1.807, 2.05) is 5.32 Å². The highest BCUT2D eigenvalue weighted by molar-refractivity contribution is 6.28. The van der Waals surface area contributed by atoms with Crippen LogP contribution >= 0.6 is 0 Å². The highest BCUT2D eigenvalue weighted by Crippen LogP contribution is 2.38. The van der Waals surface area contributed by atoms with E-state index in [0.717, 1.165) is 6.92 Å². The monoisotopic (exact) mass is 301 g/mol. The first-order chi connectivity index (χ1) is 9.77. The van der Waals surface area contributed by atoms with Crippen LogP contribution in [-0.2, 0) is 9.53 Å². The first-order valence-electron chi connectivity index (χ1n) is 5.67. The van der Waals surface area contributed by atoms with Crippen molar-refractivity contribution in [2.45, 2.75) is 30.5 Å². The molecule has 0 unspecified atom stereocenters. The molecule has 7 N–H and O–H groups in total. The van der Waals surface area contributed by atoms with E-state index >= 15 is 0 Å². The van der Waals surface area contributed by atoms with Crippen LogP contribution in [0.3, 0.4) is 0 Å². The molecule has 1 rings (SSSR count). The maximum absolute atomic E-state index is 11.0. The fourth-order valence-corrected chi connectivity index (χ4v) is 1.75. The number of aliphatic hydroxyl groups excluding tert-OH is 2. The molecule has 116 valence electrons. The Hall–Kier alpha value is -2.10. The summed E-state index contributed by atoms with van der Waals surface area (Å²) in [6, 6.07) is 1.55. The number of ether oxygens (including phenoxy) is 1. The molecule has 0 saturated carbocycles. The summed E-state index contributed by atoms with van der Waals surface area (Å²) < 4.78 is 5.06. The van der Waals surface area contributed by atoms with E-state index < -0.39 is 42.0 Å². The number of carbonyl (C=O) groups excluding carboxylic acids is 1. The minimum Gasteiger partial charge on any atom is -0.392 e. The second-order valence-electron chi connectivity index (χ2n) is 4.48. The first kappa shape index (κ1) is 17.0. The number of hydrogen-bond donors (Lipinski definition) is 7. The van der Waals surface area contributed by atoms with Gasteiger partial charge in [0.05, 0.1) is 12.8 Å². The van der Waals surface area contributed by atoms with Crippen molar-refractivity contribution >= 4 is 18.1 Å². The van der Waals surface area contributed by atoms with Crippen molar-refractivity contribution < 1.29 is 30.1 Å². The van der Waals surface area contributed by atoms with Gasteiger partial charge in [-0.2, -0.15) is 5.26 Å². The van der Waals surface area contributed by atoms with Crippen LogP contribution < -0.4 is 10.8 Å². The number of rotatable bonds is 3. The van der Waals surface area contributed by atoms with Gasteiger partial charge in [0.15, 0.2) is 6.23 Å². The molecule has 0 radical (unpaired) electrons. The fraction of sp³-hybridized carbons (Fsp3) is 0.600. The highest BCUT2D eigenvalue weighted by atomic mass is 16.6. The van der Waals surface area contributed by atoms with Crippen LogP contribution in [0.1, 0.15) is 6.92 Å². The Balaban J connectivity index is 3.10. The lowest BCUT2D eigenvalue weighted by Crippen LogP contribution is -2.51.